The van der Waals surface area contributed by atoms with Crippen molar-refractivity contribution in [1.29, 1.82) is 0 Å². The standard InChI is InChI=1S/C16H18N6O2/c23-16(12-9-13-17-7-4-8-22(13)20-12)18-10-14-19-15(21-24-14)11-5-2-1-3-6-11/h4,7-9,11H,1-3,5-6,10H2,(H,18,23). The lowest BCUT2D eigenvalue weighted by atomic mass is 9.89. The van der Waals surface area contributed by atoms with Gasteiger partial charge in [0.1, 0.15) is 0 Å². The van der Waals surface area contributed by atoms with Crippen LogP contribution in [0.15, 0.2) is 29.0 Å². The van der Waals surface area contributed by atoms with Crippen LogP contribution in [0.2, 0.25) is 0 Å². The van der Waals surface area contributed by atoms with Crippen LogP contribution in [0.25, 0.3) is 5.65 Å². The Labute approximate surface area is 138 Å². The number of amides is 1. The highest BCUT2D eigenvalue weighted by Gasteiger charge is 2.21. The van der Waals surface area contributed by atoms with Gasteiger partial charge >= 0.3 is 0 Å². The van der Waals surface area contributed by atoms with Crippen LogP contribution in [0, 0.1) is 0 Å². The number of fused-ring (bicyclic) bond motifs is 1. The number of hydrogen-bond donors (Lipinski definition) is 1. The molecule has 3 aromatic heterocycles. The minimum atomic E-state index is -0.294. The van der Waals surface area contributed by atoms with Crippen molar-refractivity contribution in [2.24, 2.45) is 0 Å². The molecule has 0 atom stereocenters. The highest BCUT2D eigenvalue weighted by atomic mass is 16.5. The van der Waals surface area contributed by atoms with E-state index in [4.69, 9.17) is 4.52 Å². The predicted molar refractivity (Wildman–Crippen MR) is 84.3 cm³/mol. The number of aromatic nitrogens is 5. The van der Waals surface area contributed by atoms with Gasteiger partial charge in [0.15, 0.2) is 17.2 Å². The molecule has 0 radical (unpaired) electrons. The Kier molecular flexibility index (Phi) is 3.94. The fourth-order valence-corrected chi connectivity index (χ4v) is 3.05. The van der Waals surface area contributed by atoms with Crippen LogP contribution in [0.4, 0.5) is 0 Å². The molecule has 8 nitrogen and oxygen atoms in total. The van der Waals surface area contributed by atoms with Crippen LogP contribution >= 0.6 is 0 Å². The third kappa shape index (κ3) is 2.99. The maximum absolute atomic E-state index is 12.2. The van der Waals surface area contributed by atoms with Gasteiger partial charge in [-0.1, -0.05) is 24.4 Å². The van der Waals surface area contributed by atoms with Crippen molar-refractivity contribution in [3.63, 3.8) is 0 Å². The molecule has 1 fully saturated rings. The Bertz CT molecular complexity index is 816. The summed E-state index contributed by atoms with van der Waals surface area (Å²) >= 11 is 0. The fraction of sp³-hybridized carbons (Fsp3) is 0.438. The Balaban J connectivity index is 1.39. The molecule has 3 heterocycles. The summed E-state index contributed by atoms with van der Waals surface area (Å²) in [6.45, 7) is 0.194. The summed E-state index contributed by atoms with van der Waals surface area (Å²) in [7, 11) is 0. The molecular formula is C16H18N6O2. The second kappa shape index (κ2) is 6.38. The first-order chi connectivity index (χ1) is 11.8. The molecule has 1 aliphatic rings. The Morgan fingerprint density at radius 3 is 3.04 bits per heavy atom. The zero-order chi connectivity index (χ0) is 16.4. The summed E-state index contributed by atoms with van der Waals surface area (Å²) in [6, 6.07) is 3.39. The molecule has 4 rings (SSSR count). The molecular weight excluding hydrogens is 308 g/mol. The first kappa shape index (κ1) is 14.8. The van der Waals surface area contributed by atoms with Crippen molar-refractivity contribution in [2.75, 3.05) is 0 Å². The summed E-state index contributed by atoms with van der Waals surface area (Å²) in [4.78, 5) is 20.7. The summed E-state index contributed by atoms with van der Waals surface area (Å²) in [5, 5.41) is 11.0. The minimum absolute atomic E-state index is 0.194. The average Bonchev–Trinajstić information content (AvgIpc) is 3.27. The maximum Gasteiger partial charge on any atom is 0.272 e. The molecule has 0 spiro atoms. The van der Waals surface area contributed by atoms with Crippen molar-refractivity contribution in [1.82, 2.24) is 30.1 Å². The number of carbonyl (C=O) groups excluding carboxylic acids is 1. The molecule has 0 unspecified atom stereocenters. The summed E-state index contributed by atoms with van der Waals surface area (Å²) in [6.07, 6.45) is 9.34. The summed E-state index contributed by atoms with van der Waals surface area (Å²) in [5.74, 6) is 1.27. The van der Waals surface area contributed by atoms with Crippen LogP contribution in [0.3, 0.4) is 0 Å². The Morgan fingerprint density at radius 2 is 2.21 bits per heavy atom. The minimum Gasteiger partial charge on any atom is -0.342 e. The first-order valence-electron chi connectivity index (χ1n) is 8.21. The quantitative estimate of drug-likeness (QED) is 0.788. The molecule has 0 aromatic carbocycles. The second-order valence-electron chi connectivity index (χ2n) is 6.02. The lowest BCUT2D eigenvalue weighted by Gasteiger charge is -2.17. The van der Waals surface area contributed by atoms with E-state index in [1.807, 2.05) is 0 Å². The van der Waals surface area contributed by atoms with Crippen molar-refractivity contribution in [2.45, 2.75) is 44.6 Å². The van der Waals surface area contributed by atoms with Gasteiger partial charge in [0.25, 0.3) is 5.91 Å². The zero-order valence-corrected chi connectivity index (χ0v) is 13.2. The van der Waals surface area contributed by atoms with Crippen molar-refractivity contribution in [3.05, 3.63) is 41.9 Å². The largest absolute Gasteiger partial charge is 0.342 e. The Morgan fingerprint density at radius 1 is 1.33 bits per heavy atom. The Hall–Kier alpha value is -2.77. The van der Waals surface area contributed by atoms with Gasteiger partial charge in [-0.05, 0) is 18.9 Å². The van der Waals surface area contributed by atoms with Crippen molar-refractivity contribution >= 4 is 11.6 Å². The number of rotatable bonds is 4. The van der Waals surface area contributed by atoms with Gasteiger partial charge < -0.3 is 9.84 Å². The fourth-order valence-electron chi connectivity index (χ4n) is 3.05. The van der Waals surface area contributed by atoms with E-state index in [0.717, 1.165) is 18.7 Å². The van der Waals surface area contributed by atoms with Crippen molar-refractivity contribution in [3.8, 4) is 0 Å². The van der Waals surface area contributed by atoms with Crippen LogP contribution in [0.5, 0.6) is 0 Å². The van der Waals surface area contributed by atoms with E-state index < -0.39 is 0 Å². The van der Waals surface area contributed by atoms with Gasteiger partial charge in [0.05, 0.1) is 6.54 Å². The normalized spacial score (nSPS) is 15.7. The summed E-state index contributed by atoms with van der Waals surface area (Å²) in [5.41, 5.74) is 0.931. The molecule has 24 heavy (non-hydrogen) atoms. The van der Waals surface area contributed by atoms with Crippen LogP contribution in [0.1, 0.15) is 60.2 Å². The molecule has 8 heteroatoms. The third-order valence-corrected chi connectivity index (χ3v) is 4.32. The molecule has 0 aliphatic heterocycles. The molecule has 1 N–H and O–H groups in total. The maximum atomic E-state index is 12.2. The predicted octanol–water partition coefficient (Wildman–Crippen LogP) is 2.09. The molecule has 0 saturated heterocycles. The van der Waals surface area contributed by atoms with Crippen LogP contribution < -0.4 is 5.32 Å². The number of hydrogen-bond acceptors (Lipinski definition) is 6. The van der Waals surface area contributed by atoms with Gasteiger partial charge in [0.2, 0.25) is 5.89 Å². The molecule has 1 saturated carbocycles. The van der Waals surface area contributed by atoms with Gasteiger partial charge in [-0.3, -0.25) is 4.79 Å². The topological polar surface area (TPSA) is 98.2 Å². The highest BCUT2D eigenvalue weighted by molar-refractivity contribution is 5.93. The smallest absolute Gasteiger partial charge is 0.272 e. The molecule has 1 aliphatic carbocycles. The van der Waals surface area contributed by atoms with Gasteiger partial charge in [-0.15, -0.1) is 0 Å². The van der Waals surface area contributed by atoms with Crippen LogP contribution in [-0.2, 0) is 6.54 Å². The van der Waals surface area contributed by atoms with E-state index in [1.165, 1.54) is 19.3 Å². The highest BCUT2D eigenvalue weighted by Crippen LogP contribution is 2.30. The summed E-state index contributed by atoms with van der Waals surface area (Å²) < 4.78 is 6.81. The van der Waals surface area contributed by atoms with Gasteiger partial charge in [-0.25, -0.2) is 9.50 Å². The van der Waals surface area contributed by atoms with Gasteiger partial charge in [0, 0.05) is 24.4 Å². The second-order valence-corrected chi connectivity index (χ2v) is 6.02. The van der Waals surface area contributed by atoms with Crippen molar-refractivity contribution < 1.29 is 9.32 Å². The van der Waals surface area contributed by atoms with E-state index in [9.17, 15) is 4.79 Å². The zero-order valence-electron chi connectivity index (χ0n) is 13.2. The SMILES string of the molecule is O=C(NCc1nc(C2CCCCC2)no1)c1cc2ncccn2n1. The molecule has 1 amide bonds. The third-order valence-electron chi connectivity index (χ3n) is 4.32. The molecule has 3 aromatic rings. The van der Waals surface area contributed by atoms with E-state index in [1.54, 1.807) is 29.0 Å². The van der Waals surface area contributed by atoms with E-state index in [-0.39, 0.29) is 12.5 Å². The number of nitrogens with one attached hydrogen (secondary N) is 1. The number of carbonyl (C=O) groups is 1. The lowest BCUT2D eigenvalue weighted by molar-refractivity contribution is 0.0941. The average molecular weight is 326 g/mol. The van der Waals surface area contributed by atoms with E-state index >= 15 is 0 Å². The van der Waals surface area contributed by atoms with Gasteiger partial charge in [-0.2, -0.15) is 10.1 Å². The van der Waals surface area contributed by atoms with E-state index in [0.29, 0.717) is 23.1 Å². The molecule has 0 bridgehead atoms. The number of nitrogens with zero attached hydrogens (tertiary/aromatic N) is 5. The first-order valence-corrected chi connectivity index (χ1v) is 8.21. The van der Waals surface area contributed by atoms with Crippen LogP contribution in [-0.4, -0.2) is 30.6 Å². The monoisotopic (exact) mass is 326 g/mol. The lowest BCUT2D eigenvalue weighted by Crippen LogP contribution is -2.23. The molecule has 124 valence electrons. The van der Waals surface area contributed by atoms with E-state index in [2.05, 4.69) is 25.5 Å².